The molecule has 3 aromatic rings. The molecule has 2 atom stereocenters. The lowest BCUT2D eigenvalue weighted by molar-refractivity contribution is -0.123. The second-order valence-corrected chi connectivity index (χ2v) is 10.5. The molecule has 1 aromatic carbocycles. The van der Waals surface area contributed by atoms with Crippen LogP contribution in [0.3, 0.4) is 0 Å². The van der Waals surface area contributed by atoms with E-state index in [9.17, 15) is 9.59 Å². The van der Waals surface area contributed by atoms with Crippen molar-refractivity contribution >= 4 is 27.5 Å². The van der Waals surface area contributed by atoms with Gasteiger partial charge in [-0.15, -0.1) is 11.3 Å². The summed E-state index contributed by atoms with van der Waals surface area (Å²) in [6, 6.07) is 8.07. The smallest absolute Gasteiger partial charge is 0.263 e. The number of carbonyl (C=O) groups is 1. The summed E-state index contributed by atoms with van der Waals surface area (Å²) in [4.78, 5) is 33.5. The third kappa shape index (κ3) is 5.18. The van der Waals surface area contributed by atoms with Gasteiger partial charge in [-0.1, -0.05) is 29.8 Å². The summed E-state index contributed by atoms with van der Waals surface area (Å²) in [7, 11) is 0. The monoisotopic (exact) mass is 468 g/mol. The van der Waals surface area contributed by atoms with Gasteiger partial charge < -0.3 is 10.1 Å². The number of aryl methyl sites for hydroxylation is 1. The van der Waals surface area contributed by atoms with E-state index in [1.165, 1.54) is 22.2 Å². The largest absolute Gasteiger partial charge is 0.373 e. The maximum absolute atomic E-state index is 13.2. The van der Waals surface area contributed by atoms with E-state index in [4.69, 9.17) is 4.74 Å². The van der Waals surface area contributed by atoms with Crippen molar-refractivity contribution in [3.8, 4) is 11.1 Å². The van der Waals surface area contributed by atoms with Crippen molar-refractivity contribution in [2.45, 2.75) is 58.9 Å². The van der Waals surface area contributed by atoms with Gasteiger partial charge >= 0.3 is 0 Å². The molecule has 3 heterocycles. The van der Waals surface area contributed by atoms with Gasteiger partial charge in [0.25, 0.3) is 5.56 Å². The first kappa shape index (κ1) is 23.6. The van der Waals surface area contributed by atoms with Gasteiger partial charge in [-0.05, 0) is 40.2 Å². The number of nitrogens with zero attached hydrogens (tertiary/aromatic N) is 3. The minimum Gasteiger partial charge on any atom is -0.373 e. The molecule has 0 radical (unpaired) electrons. The molecule has 33 heavy (non-hydrogen) atoms. The van der Waals surface area contributed by atoms with E-state index in [2.05, 4.69) is 42.9 Å². The van der Waals surface area contributed by atoms with Gasteiger partial charge in [0.05, 0.1) is 23.9 Å². The number of benzene rings is 1. The first-order valence-electron chi connectivity index (χ1n) is 11.3. The van der Waals surface area contributed by atoms with Crippen LogP contribution >= 0.6 is 11.3 Å². The lowest BCUT2D eigenvalue weighted by Gasteiger charge is -2.45. The van der Waals surface area contributed by atoms with Crippen LogP contribution in [-0.4, -0.2) is 57.7 Å². The third-order valence-electron chi connectivity index (χ3n) is 6.23. The molecule has 0 spiro atoms. The Bertz CT molecular complexity index is 1190. The van der Waals surface area contributed by atoms with Gasteiger partial charge in [0, 0.05) is 36.1 Å². The lowest BCUT2D eigenvalue weighted by atomic mass is 10.00. The maximum Gasteiger partial charge on any atom is 0.263 e. The van der Waals surface area contributed by atoms with Crippen LogP contribution in [0.1, 0.15) is 33.3 Å². The summed E-state index contributed by atoms with van der Waals surface area (Å²) in [6.45, 7) is 12.5. The summed E-state index contributed by atoms with van der Waals surface area (Å²) in [5, 5.41) is 5.54. The molecule has 176 valence electrons. The van der Waals surface area contributed by atoms with Crippen molar-refractivity contribution in [1.82, 2.24) is 19.8 Å². The summed E-state index contributed by atoms with van der Waals surface area (Å²) in [6.07, 6.45) is 1.79. The predicted molar refractivity (Wildman–Crippen MR) is 133 cm³/mol. The molecule has 1 N–H and O–H groups in total. The van der Waals surface area contributed by atoms with Crippen LogP contribution in [0.2, 0.25) is 0 Å². The zero-order valence-corrected chi connectivity index (χ0v) is 20.7. The van der Waals surface area contributed by atoms with Crippen LogP contribution in [0.5, 0.6) is 0 Å². The van der Waals surface area contributed by atoms with Crippen molar-refractivity contribution in [2.24, 2.45) is 0 Å². The van der Waals surface area contributed by atoms with E-state index in [1.807, 2.05) is 36.6 Å². The van der Waals surface area contributed by atoms with Crippen LogP contribution in [0.4, 0.5) is 0 Å². The van der Waals surface area contributed by atoms with Crippen molar-refractivity contribution in [2.75, 3.05) is 19.6 Å². The molecular formula is C25H32N4O3S. The van der Waals surface area contributed by atoms with Gasteiger partial charge in [0.1, 0.15) is 11.4 Å². The molecule has 1 saturated heterocycles. The molecule has 1 amide bonds. The minimum atomic E-state index is -0.221. The molecule has 1 fully saturated rings. The molecule has 0 bridgehead atoms. The second kappa shape index (κ2) is 9.37. The fraction of sp³-hybridized carbons (Fsp3) is 0.480. The molecule has 0 saturated carbocycles. The van der Waals surface area contributed by atoms with Crippen molar-refractivity contribution in [3.63, 3.8) is 0 Å². The normalized spacial score (nSPS) is 19.7. The highest BCUT2D eigenvalue weighted by molar-refractivity contribution is 7.17. The number of carbonyl (C=O) groups excluding carboxylic acids is 1. The van der Waals surface area contributed by atoms with E-state index in [0.29, 0.717) is 16.8 Å². The van der Waals surface area contributed by atoms with Gasteiger partial charge in [0.15, 0.2) is 0 Å². The summed E-state index contributed by atoms with van der Waals surface area (Å²) < 4.78 is 7.23. The average molecular weight is 469 g/mol. The van der Waals surface area contributed by atoms with Crippen LogP contribution in [0.25, 0.3) is 21.3 Å². The van der Waals surface area contributed by atoms with Gasteiger partial charge in [0.2, 0.25) is 5.91 Å². The second-order valence-electron chi connectivity index (χ2n) is 9.62. The van der Waals surface area contributed by atoms with Gasteiger partial charge in [-0.2, -0.15) is 0 Å². The van der Waals surface area contributed by atoms with Crippen LogP contribution in [0, 0.1) is 6.92 Å². The quantitative estimate of drug-likeness (QED) is 0.600. The van der Waals surface area contributed by atoms with Gasteiger partial charge in [-0.25, -0.2) is 4.98 Å². The molecule has 8 heteroatoms. The Morgan fingerprint density at radius 3 is 2.55 bits per heavy atom. The molecule has 7 nitrogen and oxygen atoms in total. The van der Waals surface area contributed by atoms with E-state index in [-0.39, 0.29) is 35.8 Å². The number of nitrogens with one attached hydrogen (secondary N) is 1. The highest BCUT2D eigenvalue weighted by atomic mass is 32.1. The Morgan fingerprint density at radius 2 is 1.88 bits per heavy atom. The third-order valence-corrected chi connectivity index (χ3v) is 7.12. The molecule has 0 unspecified atom stereocenters. The highest BCUT2D eigenvalue weighted by Crippen LogP contribution is 2.30. The average Bonchev–Trinajstić information content (AvgIpc) is 3.19. The molecule has 4 rings (SSSR count). The van der Waals surface area contributed by atoms with Gasteiger partial charge in [-0.3, -0.25) is 19.1 Å². The number of thiophene rings is 1. The molecular weight excluding hydrogens is 436 g/mol. The Morgan fingerprint density at radius 1 is 1.21 bits per heavy atom. The maximum atomic E-state index is 13.2. The fourth-order valence-electron chi connectivity index (χ4n) is 4.34. The minimum absolute atomic E-state index is 0.0586. The Balaban J connectivity index is 1.48. The topological polar surface area (TPSA) is 76.5 Å². The molecule has 1 aliphatic rings. The standard InChI is InChI=1S/C25H32N4O3S/c1-16-6-8-19(9-7-16)20-13-33-23-22(20)24(31)28(15-27-23)12-21(30)26-14-25(4,5)29-10-17(2)32-18(3)11-29/h6-9,13,15,17-18H,10-12,14H2,1-5H3,(H,26,30)/t17-,18+. The van der Waals surface area contributed by atoms with Crippen LogP contribution in [0.15, 0.2) is 40.8 Å². The Hall–Kier alpha value is -2.55. The predicted octanol–water partition coefficient (Wildman–Crippen LogP) is 3.44. The lowest BCUT2D eigenvalue weighted by Crippen LogP contribution is -2.58. The van der Waals surface area contributed by atoms with Crippen molar-refractivity contribution < 1.29 is 9.53 Å². The Labute approximate surface area is 198 Å². The highest BCUT2D eigenvalue weighted by Gasteiger charge is 2.33. The first-order chi connectivity index (χ1) is 15.6. The van der Waals surface area contributed by atoms with Crippen molar-refractivity contribution in [1.29, 1.82) is 0 Å². The van der Waals surface area contributed by atoms with E-state index in [0.717, 1.165) is 29.8 Å². The number of amides is 1. The SMILES string of the molecule is Cc1ccc(-c2csc3ncn(CC(=O)NCC(C)(C)N4C[C@@H](C)O[C@@H](C)C4)c(=O)c23)cc1. The number of fused-ring (bicyclic) bond motifs is 1. The molecule has 1 aliphatic heterocycles. The zero-order chi connectivity index (χ0) is 23.8. The van der Waals surface area contributed by atoms with E-state index in [1.54, 1.807) is 0 Å². The number of aromatic nitrogens is 2. The number of morpholine rings is 1. The molecule has 2 aromatic heterocycles. The number of hydrogen-bond donors (Lipinski definition) is 1. The summed E-state index contributed by atoms with van der Waals surface area (Å²) in [5.41, 5.74) is 2.58. The number of hydrogen-bond acceptors (Lipinski definition) is 6. The van der Waals surface area contributed by atoms with E-state index < -0.39 is 0 Å². The van der Waals surface area contributed by atoms with Crippen LogP contribution in [-0.2, 0) is 16.1 Å². The summed E-state index contributed by atoms with van der Waals surface area (Å²) in [5.74, 6) is -0.201. The first-order valence-corrected chi connectivity index (χ1v) is 12.2. The van der Waals surface area contributed by atoms with Crippen molar-refractivity contribution in [3.05, 3.63) is 51.9 Å². The zero-order valence-electron chi connectivity index (χ0n) is 19.9. The summed E-state index contributed by atoms with van der Waals surface area (Å²) >= 11 is 1.44. The number of ether oxygens (including phenoxy) is 1. The van der Waals surface area contributed by atoms with Crippen LogP contribution < -0.4 is 10.9 Å². The Kier molecular flexibility index (Phi) is 6.70. The van der Waals surface area contributed by atoms with E-state index >= 15 is 0 Å². The number of rotatable bonds is 6. The molecule has 0 aliphatic carbocycles. The fourth-order valence-corrected chi connectivity index (χ4v) is 5.24.